The van der Waals surface area contributed by atoms with Gasteiger partial charge in [-0.1, -0.05) is 12.1 Å². The molecule has 1 rings (SSSR count). The summed E-state index contributed by atoms with van der Waals surface area (Å²) < 4.78 is 5.69. The average molecular weight is 279 g/mol. The smallest absolute Gasteiger partial charge is 0.326 e. The van der Waals surface area contributed by atoms with Gasteiger partial charge in [-0.15, -0.1) is 0 Å². The lowest BCUT2D eigenvalue weighted by molar-refractivity contribution is -0.141. The van der Waals surface area contributed by atoms with E-state index in [9.17, 15) is 9.59 Å². The third kappa shape index (κ3) is 5.73. The quantitative estimate of drug-likeness (QED) is 0.864. The van der Waals surface area contributed by atoms with E-state index in [-0.39, 0.29) is 17.9 Å². The van der Waals surface area contributed by atoms with Crippen LogP contribution >= 0.6 is 0 Å². The van der Waals surface area contributed by atoms with E-state index in [1.807, 2.05) is 20.8 Å². The Hall–Kier alpha value is -2.04. The van der Waals surface area contributed by atoms with Crippen molar-refractivity contribution in [1.82, 2.24) is 5.32 Å². The van der Waals surface area contributed by atoms with Crippen molar-refractivity contribution in [3.8, 4) is 5.75 Å². The molecule has 2 N–H and O–H groups in total. The second kappa shape index (κ2) is 6.41. The Kier molecular flexibility index (Phi) is 5.13. The normalized spacial score (nSPS) is 12.6. The predicted octanol–water partition coefficient (Wildman–Crippen LogP) is 2.00. The predicted molar refractivity (Wildman–Crippen MR) is 75.8 cm³/mol. The van der Waals surface area contributed by atoms with Crippen molar-refractivity contribution in [3.05, 3.63) is 29.8 Å². The molecule has 1 atom stereocenters. The van der Waals surface area contributed by atoms with Crippen molar-refractivity contribution in [3.63, 3.8) is 0 Å². The molecule has 1 aromatic carbocycles. The molecule has 0 spiro atoms. The Balaban J connectivity index is 2.72. The van der Waals surface area contributed by atoms with E-state index in [1.54, 1.807) is 24.3 Å². The second-order valence-electron chi connectivity index (χ2n) is 5.65. The van der Waals surface area contributed by atoms with Crippen LogP contribution in [0.15, 0.2) is 24.3 Å². The van der Waals surface area contributed by atoms with Gasteiger partial charge in [0, 0.05) is 13.3 Å². The number of hydrogen-bond donors (Lipinski definition) is 2. The molecular weight excluding hydrogens is 258 g/mol. The first-order chi connectivity index (χ1) is 9.17. The molecule has 5 heteroatoms. The number of carboxylic acids is 1. The summed E-state index contributed by atoms with van der Waals surface area (Å²) >= 11 is 0. The van der Waals surface area contributed by atoms with Crippen LogP contribution in [0.5, 0.6) is 5.75 Å². The van der Waals surface area contributed by atoms with Gasteiger partial charge in [0.15, 0.2) is 0 Å². The van der Waals surface area contributed by atoms with Crippen LogP contribution in [0.25, 0.3) is 0 Å². The average Bonchev–Trinajstić information content (AvgIpc) is 2.28. The molecule has 1 aromatic rings. The molecule has 0 aliphatic carbocycles. The van der Waals surface area contributed by atoms with Gasteiger partial charge in [-0.2, -0.15) is 0 Å². The highest BCUT2D eigenvalue weighted by atomic mass is 16.5. The molecular formula is C15H21NO4. The lowest BCUT2D eigenvalue weighted by Crippen LogP contribution is -2.41. The number of ether oxygens (including phenoxy) is 1. The standard InChI is InChI=1S/C15H21NO4/c1-10(17)16-13(14(18)19)9-11-5-7-12(8-6-11)20-15(2,3)4/h5-8,13H,9H2,1-4H3,(H,16,17)(H,18,19)/t13-/m1/s1. The molecule has 0 saturated heterocycles. The Morgan fingerprint density at radius 3 is 2.20 bits per heavy atom. The molecule has 0 aliphatic heterocycles. The molecule has 0 fully saturated rings. The molecule has 1 amide bonds. The van der Waals surface area contributed by atoms with E-state index in [2.05, 4.69) is 5.32 Å². The van der Waals surface area contributed by atoms with Gasteiger partial charge in [0.05, 0.1) is 0 Å². The topological polar surface area (TPSA) is 75.6 Å². The maximum absolute atomic E-state index is 11.1. The summed E-state index contributed by atoms with van der Waals surface area (Å²) in [5.41, 5.74) is 0.550. The van der Waals surface area contributed by atoms with E-state index in [1.165, 1.54) is 6.92 Å². The van der Waals surface area contributed by atoms with Gasteiger partial charge in [-0.3, -0.25) is 4.79 Å². The maximum Gasteiger partial charge on any atom is 0.326 e. The molecule has 0 saturated carbocycles. The molecule has 20 heavy (non-hydrogen) atoms. The molecule has 0 bridgehead atoms. The van der Waals surface area contributed by atoms with E-state index in [0.717, 1.165) is 11.3 Å². The number of aliphatic carboxylic acids is 1. The van der Waals surface area contributed by atoms with E-state index < -0.39 is 12.0 Å². The van der Waals surface area contributed by atoms with Crippen molar-refractivity contribution in [2.24, 2.45) is 0 Å². The minimum absolute atomic E-state index is 0.241. The van der Waals surface area contributed by atoms with Crippen molar-refractivity contribution >= 4 is 11.9 Å². The lowest BCUT2D eigenvalue weighted by atomic mass is 10.1. The number of carbonyl (C=O) groups is 2. The van der Waals surface area contributed by atoms with Gasteiger partial charge in [0.2, 0.25) is 5.91 Å². The second-order valence-corrected chi connectivity index (χ2v) is 5.65. The van der Waals surface area contributed by atoms with Crippen LogP contribution in [0, 0.1) is 0 Å². The van der Waals surface area contributed by atoms with Gasteiger partial charge in [-0.05, 0) is 38.5 Å². The minimum atomic E-state index is -1.05. The summed E-state index contributed by atoms with van der Waals surface area (Å²) in [6.07, 6.45) is 0.241. The van der Waals surface area contributed by atoms with Crippen molar-refractivity contribution in [2.45, 2.75) is 45.8 Å². The van der Waals surface area contributed by atoms with Crippen LogP contribution < -0.4 is 10.1 Å². The number of hydrogen-bond acceptors (Lipinski definition) is 3. The first-order valence-electron chi connectivity index (χ1n) is 6.45. The Labute approximate surface area is 118 Å². The highest BCUT2D eigenvalue weighted by Crippen LogP contribution is 2.19. The van der Waals surface area contributed by atoms with Gasteiger partial charge in [0.25, 0.3) is 0 Å². The van der Waals surface area contributed by atoms with Crippen LogP contribution in [-0.2, 0) is 16.0 Å². The Morgan fingerprint density at radius 2 is 1.80 bits per heavy atom. The SMILES string of the molecule is CC(=O)N[C@H](Cc1ccc(OC(C)(C)C)cc1)C(=O)O. The van der Waals surface area contributed by atoms with Crippen molar-refractivity contribution in [1.29, 1.82) is 0 Å². The van der Waals surface area contributed by atoms with E-state index >= 15 is 0 Å². The van der Waals surface area contributed by atoms with E-state index in [4.69, 9.17) is 9.84 Å². The van der Waals surface area contributed by atoms with Crippen LogP contribution in [-0.4, -0.2) is 28.6 Å². The van der Waals surface area contributed by atoms with Gasteiger partial charge in [0.1, 0.15) is 17.4 Å². The fourth-order valence-corrected chi connectivity index (χ4v) is 1.73. The third-order valence-electron chi connectivity index (χ3n) is 2.46. The molecule has 0 heterocycles. The number of carbonyl (C=O) groups excluding carboxylic acids is 1. The summed E-state index contributed by atoms with van der Waals surface area (Å²) in [6, 6.07) is 6.29. The van der Waals surface area contributed by atoms with Gasteiger partial charge >= 0.3 is 5.97 Å². The monoisotopic (exact) mass is 279 g/mol. The van der Waals surface area contributed by atoms with Gasteiger partial charge in [-0.25, -0.2) is 4.79 Å². The molecule has 0 aromatic heterocycles. The fraction of sp³-hybridized carbons (Fsp3) is 0.467. The zero-order chi connectivity index (χ0) is 15.3. The van der Waals surface area contributed by atoms with Crippen LogP contribution in [0.3, 0.4) is 0 Å². The third-order valence-corrected chi connectivity index (χ3v) is 2.46. The highest BCUT2D eigenvalue weighted by Gasteiger charge is 2.19. The maximum atomic E-state index is 11.1. The summed E-state index contributed by atoms with van der Waals surface area (Å²) in [5.74, 6) is -0.673. The van der Waals surface area contributed by atoms with Crippen LogP contribution in [0.4, 0.5) is 0 Å². The zero-order valence-electron chi connectivity index (χ0n) is 12.3. The minimum Gasteiger partial charge on any atom is -0.488 e. The number of benzene rings is 1. The largest absolute Gasteiger partial charge is 0.488 e. The number of rotatable bonds is 5. The van der Waals surface area contributed by atoms with Crippen molar-refractivity contribution < 1.29 is 19.4 Å². The summed E-state index contributed by atoms with van der Waals surface area (Å²) in [6.45, 7) is 7.17. The van der Waals surface area contributed by atoms with E-state index in [0.29, 0.717) is 0 Å². The zero-order valence-corrected chi connectivity index (χ0v) is 12.3. The summed E-state index contributed by atoms with van der Waals surface area (Å²) in [7, 11) is 0. The number of carboxylic acid groups (broad SMARTS) is 1. The molecule has 0 aliphatic rings. The summed E-state index contributed by atoms with van der Waals surface area (Å²) in [4.78, 5) is 22.0. The first-order valence-corrected chi connectivity index (χ1v) is 6.45. The van der Waals surface area contributed by atoms with Crippen LogP contribution in [0.2, 0.25) is 0 Å². The Morgan fingerprint density at radius 1 is 1.25 bits per heavy atom. The van der Waals surface area contributed by atoms with Gasteiger partial charge < -0.3 is 15.2 Å². The number of nitrogens with one attached hydrogen (secondary N) is 1. The molecule has 5 nitrogen and oxygen atoms in total. The molecule has 0 radical (unpaired) electrons. The highest BCUT2D eigenvalue weighted by molar-refractivity contribution is 5.82. The summed E-state index contributed by atoms with van der Waals surface area (Å²) in [5, 5.41) is 11.5. The fourth-order valence-electron chi connectivity index (χ4n) is 1.73. The molecule has 110 valence electrons. The lowest BCUT2D eigenvalue weighted by Gasteiger charge is -2.21. The number of amides is 1. The Bertz CT molecular complexity index is 474. The van der Waals surface area contributed by atoms with Crippen LogP contribution in [0.1, 0.15) is 33.3 Å². The molecule has 0 unspecified atom stereocenters. The van der Waals surface area contributed by atoms with Crippen molar-refractivity contribution in [2.75, 3.05) is 0 Å². The first kappa shape index (κ1) is 16.0.